The Bertz CT molecular complexity index is 418. The zero-order valence-electron chi connectivity index (χ0n) is 10.8. The molecule has 1 aromatic rings. The van der Waals surface area contributed by atoms with Crippen molar-refractivity contribution >= 4 is 6.16 Å². The van der Waals surface area contributed by atoms with Crippen molar-refractivity contribution in [3.63, 3.8) is 0 Å². The average molecular weight is 246 g/mol. The van der Waals surface area contributed by atoms with Gasteiger partial charge in [0.15, 0.2) is 0 Å². The standard InChI is InChI=1S/C15H18O3/c1-4-6-11-17-15(16)18-14-9-7-13(8-10-14)12(3)5-2/h4,6-12H,1,5H2,2-3H3. The Balaban J connectivity index is 2.55. The molecular formula is C15H18O3. The van der Waals surface area contributed by atoms with Crippen molar-refractivity contribution in [2.24, 2.45) is 0 Å². The van der Waals surface area contributed by atoms with Crippen LogP contribution in [0, 0.1) is 0 Å². The van der Waals surface area contributed by atoms with Gasteiger partial charge in [0.25, 0.3) is 0 Å². The van der Waals surface area contributed by atoms with Crippen molar-refractivity contribution in [3.05, 3.63) is 54.8 Å². The summed E-state index contributed by atoms with van der Waals surface area (Å²) < 4.78 is 9.65. The van der Waals surface area contributed by atoms with E-state index in [1.807, 2.05) is 12.1 Å². The molecule has 0 aliphatic carbocycles. The number of benzene rings is 1. The van der Waals surface area contributed by atoms with Crippen LogP contribution >= 0.6 is 0 Å². The van der Waals surface area contributed by atoms with Crippen LogP contribution in [-0.2, 0) is 4.74 Å². The van der Waals surface area contributed by atoms with Gasteiger partial charge in [-0.2, -0.15) is 0 Å². The maximum Gasteiger partial charge on any atom is 0.518 e. The van der Waals surface area contributed by atoms with Crippen molar-refractivity contribution in [1.82, 2.24) is 0 Å². The molecule has 1 rings (SSSR count). The Morgan fingerprint density at radius 3 is 2.61 bits per heavy atom. The normalized spacial score (nSPS) is 12.1. The molecule has 1 atom stereocenters. The Morgan fingerprint density at radius 2 is 2.06 bits per heavy atom. The van der Waals surface area contributed by atoms with Crippen molar-refractivity contribution in [2.45, 2.75) is 26.2 Å². The molecule has 1 aromatic carbocycles. The summed E-state index contributed by atoms with van der Waals surface area (Å²) in [4.78, 5) is 11.2. The van der Waals surface area contributed by atoms with E-state index in [0.717, 1.165) is 6.42 Å². The zero-order valence-corrected chi connectivity index (χ0v) is 10.8. The lowest BCUT2D eigenvalue weighted by molar-refractivity contribution is 0.135. The summed E-state index contributed by atoms with van der Waals surface area (Å²) in [6.07, 6.45) is 4.56. The van der Waals surface area contributed by atoms with Crippen molar-refractivity contribution in [3.8, 4) is 5.75 Å². The van der Waals surface area contributed by atoms with E-state index in [1.165, 1.54) is 24.0 Å². The van der Waals surface area contributed by atoms with Gasteiger partial charge in [-0.05, 0) is 36.1 Å². The minimum absolute atomic E-state index is 0.471. The number of carbonyl (C=O) groups excluding carboxylic acids is 1. The molecule has 0 saturated carbocycles. The molecule has 0 aliphatic heterocycles. The fourth-order valence-corrected chi connectivity index (χ4v) is 1.37. The van der Waals surface area contributed by atoms with Crippen molar-refractivity contribution in [1.29, 1.82) is 0 Å². The van der Waals surface area contributed by atoms with Crippen LogP contribution in [0.3, 0.4) is 0 Å². The van der Waals surface area contributed by atoms with Crippen molar-refractivity contribution < 1.29 is 14.3 Å². The Kier molecular flexibility index (Phi) is 5.71. The number of allylic oxidation sites excluding steroid dienone is 2. The molecule has 0 N–H and O–H groups in total. The van der Waals surface area contributed by atoms with Gasteiger partial charge in [0.2, 0.25) is 0 Å². The average Bonchev–Trinajstić information content (AvgIpc) is 2.39. The van der Waals surface area contributed by atoms with E-state index in [9.17, 15) is 4.79 Å². The number of carbonyl (C=O) groups is 1. The number of rotatable bonds is 5. The van der Waals surface area contributed by atoms with E-state index >= 15 is 0 Å². The largest absolute Gasteiger partial charge is 0.518 e. The molecule has 0 amide bonds. The summed E-state index contributed by atoms with van der Waals surface area (Å²) in [5.74, 6) is 0.973. The van der Waals surface area contributed by atoms with Gasteiger partial charge < -0.3 is 9.47 Å². The lowest BCUT2D eigenvalue weighted by Gasteiger charge is -2.09. The number of hydrogen-bond acceptors (Lipinski definition) is 3. The number of hydrogen-bond donors (Lipinski definition) is 0. The topological polar surface area (TPSA) is 35.5 Å². The molecule has 1 unspecified atom stereocenters. The predicted molar refractivity (Wildman–Crippen MR) is 71.6 cm³/mol. The summed E-state index contributed by atoms with van der Waals surface area (Å²) in [5.41, 5.74) is 1.23. The third-order valence-electron chi connectivity index (χ3n) is 2.64. The molecule has 3 nitrogen and oxygen atoms in total. The molecular weight excluding hydrogens is 228 g/mol. The first kappa shape index (κ1) is 14.0. The molecule has 96 valence electrons. The van der Waals surface area contributed by atoms with Gasteiger partial charge in [0.1, 0.15) is 5.75 Å². The molecule has 0 bridgehead atoms. The van der Waals surface area contributed by atoms with Gasteiger partial charge in [-0.1, -0.05) is 38.6 Å². The van der Waals surface area contributed by atoms with Crippen LogP contribution in [0.25, 0.3) is 0 Å². The van der Waals surface area contributed by atoms with Gasteiger partial charge in [0, 0.05) is 0 Å². The van der Waals surface area contributed by atoms with E-state index in [2.05, 4.69) is 25.2 Å². The van der Waals surface area contributed by atoms with Gasteiger partial charge in [0.05, 0.1) is 6.26 Å². The van der Waals surface area contributed by atoms with Crippen LogP contribution in [0.2, 0.25) is 0 Å². The fourth-order valence-electron chi connectivity index (χ4n) is 1.37. The molecule has 0 aliphatic rings. The molecule has 0 aromatic heterocycles. The highest BCUT2D eigenvalue weighted by Gasteiger charge is 2.06. The quantitative estimate of drug-likeness (QED) is 0.334. The highest BCUT2D eigenvalue weighted by molar-refractivity contribution is 5.64. The molecule has 0 radical (unpaired) electrons. The van der Waals surface area contributed by atoms with E-state index < -0.39 is 6.16 Å². The highest BCUT2D eigenvalue weighted by Crippen LogP contribution is 2.21. The third-order valence-corrected chi connectivity index (χ3v) is 2.64. The smallest absolute Gasteiger partial charge is 0.403 e. The summed E-state index contributed by atoms with van der Waals surface area (Å²) in [7, 11) is 0. The Morgan fingerprint density at radius 1 is 1.39 bits per heavy atom. The highest BCUT2D eigenvalue weighted by atomic mass is 16.7. The summed E-state index contributed by atoms with van der Waals surface area (Å²) >= 11 is 0. The van der Waals surface area contributed by atoms with E-state index in [4.69, 9.17) is 4.74 Å². The second-order valence-electron chi connectivity index (χ2n) is 3.91. The lowest BCUT2D eigenvalue weighted by Crippen LogP contribution is -2.06. The van der Waals surface area contributed by atoms with Crippen molar-refractivity contribution in [2.75, 3.05) is 0 Å². The first-order valence-corrected chi connectivity index (χ1v) is 5.93. The Hall–Kier alpha value is -2.03. The molecule has 18 heavy (non-hydrogen) atoms. The molecule has 3 heteroatoms. The Labute approximate surface area is 108 Å². The van der Waals surface area contributed by atoms with E-state index in [0.29, 0.717) is 11.7 Å². The van der Waals surface area contributed by atoms with Crippen LogP contribution in [0.1, 0.15) is 31.7 Å². The van der Waals surface area contributed by atoms with Gasteiger partial charge >= 0.3 is 6.16 Å². The minimum atomic E-state index is -0.760. The van der Waals surface area contributed by atoms with Gasteiger partial charge in [-0.15, -0.1) is 0 Å². The second-order valence-corrected chi connectivity index (χ2v) is 3.91. The van der Waals surface area contributed by atoms with Crippen LogP contribution in [0.15, 0.2) is 49.3 Å². The van der Waals surface area contributed by atoms with Crippen LogP contribution in [0.5, 0.6) is 5.75 Å². The van der Waals surface area contributed by atoms with Crippen LogP contribution in [0.4, 0.5) is 4.79 Å². The maximum absolute atomic E-state index is 11.2. The van der Waals surface area contributed by atoms with Crippen LogP contribution in [-0.4, -0.2) is 6.16 Å². The first-order valence-electron chi connectivity index (χ1n) is 5.93. The van der Waals surface area contributed by atoms with Crippen LogP contribution < -0.4 is 4.74 Å². The summed E-state index contributed by atoms with van der Waals surface area (Å²) in [5, 5.41) is 0. The fraction of sp³-hybridized carbons (Fsp3) is 0.267. The molecule has 0 heterocycles. The van der Waals surface area contributed by atoms with Gasteiger partial charge in [-0.25, -0.2) is 4.79 Å². The van der Waals surface area contributed by atoms with E-state index in [1.54, 1.807) is 12.1 Å². The monoisotopic (exact) mass is 246 g/mol. The molecule has 0 spiro atoms. The van der Waals surface area contributed by atoms with E-state index in [-0.39, 0.29) is 0 Å². The lowest BCUT2D eigenvalue weighted by atomic mass is 9.99. The summed E-state index contributed by atoms with van der Waals surface area (Å²) in [6.45, 7) is 7.75. The summed E-state index contributed by atoms with van der Waals surface area (Å²) in [6, 6.07) is 7.44. The first-order chi connectivity index (χ1) is 8.67. The molecule has 0 saturated heterocycles. The number of ether oxygens (including phenoxy) is 2. The SMILES string of the molecule is C=CC=COC(=O)Oc1ccc(C(C)CC)cc1. The zero-order chi connectivity index (χ0) is 13.4. The minimum Gasteiger partial charge on any atom is -0.403 e. The predicted octanol–water partition coefficient (Wildman–Crippen LogP) is 4.42. The third kappa shape index (κ3) is 4.45. The second kappa shape index (κ2) is 7.33. The molecule has 0 fully saturated rings. The maximum atomic E-state index is 11.2. The van der Waals surface area contributed by atoms with Gasteiger partial charge in [-0.3, -0.25) is 0 Å².